The van der Waals surface area contributed by atoms with E-state index < -0.39 is 17.3 Å². The van der Waals surface area contributed by atoms with E-state index in [1.807, 2.05) is 59.4 Å². The Hall–Kier alpha value is -3.85. The second-order valence-electron chi connectivity index (χ2n) is 7.26. The fourth-order valence-electron chi connectivity index (χ4n) is 3.74. The number of carbonyl (C=O) groups excluding carboxylic acids is 3. The Morgan fingerprint density at radius 1 is 0.906 bits per heavy atom. The van der Waals surface area contributed by atoms with Gasteiger partial charge in [0.15, 0.2) is 0 Å². The van der Waals surface area contributed by atoms with E-state index >= 15 is 0 Å². The first kappa shape index (κ1) is 20.1. The van der Waals surface area contributed by atoms with E-state index in [1.54, 1.807) is 18.2 Å². The van der Waals surface area contributed by atoms with Gasteiger partial charge < -0.3 is 9.67 Å². The number of nitrogens with zero attached hydrogens (tertiary/aromatic N) is 2. The number of thiophene rings is 1. The molecule has 0 unspecified atom stereocenters. The van der Waals surface area contributed by atoms with Gasteiger partial charge in [0.25, 0.3) is 5.72 Å². The van der Waals surface area contributed by atoms with Crippen LogP contribution in [0.5, 0.6) is 0 Å². The van der Waals surface area contributed by atoms with Crippen molar-refractivity contribution in [1.82, 2.24) is 9.99 Å². The number of hydrogen-bond donors (Lipinski definition) is 2. The Kier molecular flexibility index (Phi) is 4.82. The molecule has 2 N–H and O–H groups in total. The van der Waals surface area contributed by atoms with Gasteiger partial charge in [-0.05, 0) is 23.8 Å². The van der Waals surface area contributed by atoms with Crippen molar-refractivity contribution in [2.75, 3.05) is 5.01 Å². The molecule has 32 heavy (non-hydrogen) atoms. The van der Waals surface area contributed by atoms with Gasteiger partial charge in [-0.3, -0.25) is 14.4 Å². The number of hydrazine groups is 1. The Morgan fingerprint density at radius 2 is 1.50 bits per heavy atom. The van der Waals surface area contributed by atoms with E-state index in [4.69, 9.17) is 0 Å². The third kappa shape index (κ3) is 3.09. The van der Waals surface area contributed by atoms with Gasteiger partial charge in [0.05, 0.1) is 5.69 Å². The summed E-state index contributed by atoms with van der Waals surface area (Å²) in [4.78, 5) is 38.7. The van der Waals surface area contributed by atoms with Gasteiger partial charge >= 0.3 is 0 Å². The molecule has 158 valence electrons. The number of anilines is 1. The number of Topliss-reactive ketones (excluding diaryl/α,β-unsaturated/α-hetero) is 2. The zero-order valence-corrected chi connectivity index (χ0v) is 17.5. The molecule has 0 aliphatic heterocycles. The van der Waals surface area contributed by atoms with Gasteiger partial charge in [0.2, 0.25) is 18.0 Å². The normalized spacial score (nSPS) is 14.4. The van der Waals surface area contributed by atoms with E-state index in [1.165, 1.54) is 23.5 Å². The van der Waals surface area contributed by atoms with Crippen LogP contribution in [-0.2, 0) is 4.79 Å². The zero-order chi connectivity index (χ0) is 22.3. The number of hydrogen-bond acceptors (Lipinski definition) is 6. The molecule has 2 heterocycles. The van der Waals surface area contributed by atoms with Crippen LogP contribution in [-0.4, -0.2) is 33.4 Å². The summed E-state index contributed by atoms with van der Waals surface area (Å²) in [6.07, 6.45) is 4.08. The van der Waals surface area contributed by atoms with Gasteiger partial charge in [0.1, 0.15) is 5.00 Å². The molecule has 1 amide bonds. The van der Waals surface area contributed by atoms with Crippen LogP contribution >= 0.6 is 11.3 Å². The Balaban J connectivity index is 1.58. The van der Waals surface area contributed by atoms with E-state index in [0.29, 0.717) is 17.1 Å². The molecule has 0 saturated heterocycles. The summed E-state index contributed by atoms with van der Waals surface area (Å²) in [5.41, 5.74) is 1.47. The van der Waals surface area contributed by atoms with Gasteiger partial charge in [-0.15, -0.1) is 11.3 Å². The molecule has 0 saturated carbocycles. The number of carbonyl (C=O) groups is 3. The maximum Gasteiger partial charge on any atom is 0.262 e. The zero-order valence-electron chi connectivity index (χ0n) is 16.6. The van der Waals surface area contributed by atoms with E-state index in [2.05, 4.69) is 5.43 Å². The van der Waals surface area contributed by atoms with E-state index in [-0.39, 0.29) is 11.1 Å². The van der Waals surface area contributed by atoms with Gasteiger partial charge in [-0.1, -0.05) is 54.6 Å². The molecule has 0 atom stereocenters. The fourth-order valence-corrected chi connectivity index (χ4v) is 4.86. The molecular formula is C24H17N3O4S. The van der Waals surface area contributed by atoms with Crippen molar-refractivity contribution in [1.29, 1.82) is 0 Å². The van der Waals surface area contributed by atoms with Crippen molar-refractivity contribution < 1.29 is 19.5 Å². The van der Waals surface area contributed by atoms with Crippen LogP contribution in [0.25, 0.3) is 15.4 Å². The van der Waals surface area contributed by atoms with Gasteiger partial charge in [-0.25, -0.2) is 5.01 Å². The summed E-state index contributed by atoms with van der Waals surface area (Å²) in [7, 11) is 0. The molecule has 4 aromatic rings. The molecule has 2 aromatic carbocycles. The van der Waals surface area contributed by atoms with Crippen molar-refractivity contribution in [3.8, 4) is 15.4 Å². The lowest BCUT2D eigenvalue weighted by atomic mass is 10.1. The molecule has 0 radical (unpaired) electrons. The summed E-state index contributed by atoms with van der Waals surface area (Å²) in [6, 6.07) is 21.3. The monoisotopic (exact) mass is 443 g/mol. The highest BCUT2D eigenvalue weighted by molar-refractivity contribution is 7.18. The minimum atomic E-state index is -2.58. The van der Waals surface area contributed by atoms with Crippen LogP contribution in [0.3, 0.4) is 0 Å². The Morgan fingerprint density at radius 3 is 2.09 bits per heavy atom. The number of benzene rings is 2. The molecular weight excluding hydrogens is 426 g/mol. The van der Waals surface area contributed by atoms with Gasteiger partial charge in [-0.2, -0.15) is 5.43 Å². The molecule has 0 fully saturated rings. The maximum absolute atomic E-state index is 12.9. The second kappa shape index (κ2) is 7.69. The summed E-state index contributed by atoms with van der Waals surface area (Å²) in [5, 5.41) is 12.7. The third-order valence-corrected chi connectivity index (χ3v) is 6.50. The van der Waals surface area contributed by atoms with Crippen LogP contribution in [0.4, 0.5) is 5.69 Å². The predicted molar refractivity (Wildman–Crippen MR) is 121 cm³/mol. The van der Waals surface area contributed by atoms with Crippen LogP contribution < -0.4 is 10.4 Å². The van der Waals surface area contributed by atoms with Crippen molar-refractivity contribution in [3.63, 3.8) is 0 Å². The third-order valence-electron chi connectivity index (χ3n) is 5.31. The average Bonchev–Trinajstić information content (AvgIpc) is 3.55. The number of ketones is 2. The van der Waals surface area contributed by atoms with Crippen molar-refractivity contribution in [2.45, 2.75) is 5.72 Å². The van der Waals surface area contributed by atoms with Crippen LogP contribution in [0, 0.1) is 0 Å². The standard InChI is InChI=1S/C24H17N3O4S/c28-15-27(25-24(31)21(29)17-10-4-5-11-18(17)22(24)30)19-14-20(16-8-2-1-3-9-16)32-23(19)26-12-6-7-13-26/h1-15,25,31H. The lowest BCUT2D eigenvalue weighted by Crippen LogP contribution is -2.61. The Bertz CT molecular complexity index is 1290. The lowest BCUT2D eigenvalue weighted by molar-refractivity contribution is -0.108. The minimum absolute atomic E-state index is 0.110. The number of amides is 1. The van der Waals surface area contributed by atoms with Crippen molar-refractivity contribution in [3.05, 3.63) is 96.3 Å². The minimum Gasteiger partial charge on any atom is -0.361 e. The molecule has 2 aromatic heterocycles. The number of rotatable bonds is 6. The average molecular weight is 443 g/mol. The van der Waals surface area contributed by atoms with Crippen LogP contribution in [0.15, 0.2) is 85.2 Å². The quantitative estimate of drug-likeness (QED) is 0.206. The molecule has 8 heteroatoms. The van der Waals surface area contributed by atoms with E-state index in [9.17, 15) is 19.5 Å². The number of nitrogens with one attached hydrogen (secondary N) is 1. The topological polar surface area (TPSA) is 91.6 Å². The summed E-state index contributed by atoms with van der Waals surface area (Å²) in [6.45, 7) is 0. The molecule has 7 nitrogen and oxygen atoms in total. The number of aromatic nitrogens is 1. The molecule has 5 rings (SSSR count). The van der Waals surface area contributed by atoms with Gasteiger partial charge in [0, 0.05) is 28.4 Å². The predicted octanol–water partition coefficient (Wildman–Crippen LogP) is 3.44. The second-order valence-corrected chi connectivity index (χ2v) is 8.29. The summed E-state index contributed by atoms with van der Waals surface area (Å²) >= 11 is 1.43. The maximum atomic E-state index is 12.9. The molecule has 1 aliphatic carbocycles. The highest BCUT2D eigenvalue weighted by atomic mass is 32.1. The summed E-state index contributed by atoms with van der Waals surface area (Å²) in [5.74, 6) is -1.60. The van der Waals surface area contributed by atoms with Crippen LogP contribution in [0.2, 0.25) is 0 Å². The fraction of sp³-hybridized carbons (Fsp3) is 0.0417. The number of fused-ring (bicyclic) bond motifs is 1. The molecule has 1 aliphatic rings. The number of aliphatic hydroxyl groups is 1. The first-order valence-corrected chi connectivity index (χ1v) is 10.6. The van der Waals surface area contributed by atoms with Crippen LogP contribution in [0.1, 0.15) is 20.7 Å². The lowest BCUT2D eigenvalue weighted by Gasteiger charge is -2.28. The van der Waals surface area contributed by atoms with Crippen molar-refractivity contribution >= 4 is 35.0 Å². The highest BCUT2D eigenvalue weighted by Gasteiger charge is 2.53. The van der Waals surface area contributed by atoms with E-state index in [0.717, 1.165) is 15.4 Å². The van der Waals surface area contributed by atoms with Crippen molar-refractivity contribution in [2.24, 2.45) is 0 Å². The first-order valence-electron chi connectivity index (χ1n) is 9.79. The molecule has 0 spiro atoms. The Labute approximate surface area is 187 Å². The summed E-state index contributed by atoms with van der Waals surface area (Å²) < 4.78 is 1.82. The first-order chi connectivity index (χ1) is 15.5. The molecule has 0 bridgehead atoms. The highest BCUT2D eigenvalue weighted by Crippen LogP contribution is 2.39. The SMILES string of the molecule is O=CN(NC1(O)C(=O)c2ccccc2C1=O)c1cc(-c2ccccc2)sc1-n1cccc1. The smallest absolute Gasteiger partial charge is 0.262 e. The largest absolute Gasteiger partial charge is 0.361 e.